The summed E-state index contributed by atoms with van der Waals surface area (Å²) in [7, 11) is -3.90. The fourth-order valence-electron chi connectivity index (χ4n) is 2.79. The van der Waals surface area contributed by atoms with Crippen LogP contribution < -0.4 is 9.62 Å². The summed E-state index contributed by atoms with van der Waals surface area (Å²) in [6.07, 6.45) is 1.11. The predicted octanol–water partition coefficient (Wildman–Crippen LogP) is 3.74. The number of carbonyl (C=O) groups excluding carboxylic acids is 1. The normalized spacial score (nSPS) is 12.3. The number of sulfonamides is 1. The first kappa shape index (κ1) is 21.6. The standard InChI is InChI=1S/C18H20ClN3O5S/c1-4-17(18(23)20-16-9-8-13(19)10-12(16)2)21(28(3,26)27)14-6-5-7-15(11-14)22(24)25/h5-11,17H,4H2,1-3H3,(H,20,23)/t17-/m0/s1. The Kier molecular flexibility index (Phi) is 6.63. The summed E-state index contributed by atoms with van der Waals surface area (Å²) < 4.78 is 25.8. The summed E-state index contributed by atoms with van der Waals surface area (Å²) >= 11 is 5.92. The van der Waals surface area contributed by atoms with Crippen LogP contribution in [0.2, 0.25) is 5.02 Å². The lowest BCUT2D eigenvalue weighted by atomic mass is 10.1. The summed E-state index contributed by atoms with van der Waals surface area (Å²) in [6, 6.07) is 8.99. The molecule has 2 aromatic rings. The van der Waals surface area contributed by atoms with Gasteiger partial charge in [0, 0.05) is 22.8 Å². The number of nitro groups is 1. The number of rotatable bonds is 7. The van der Waals surface area contributed by atoms with Crippen LogP contribution in [0.4, 0.5) is 17.1 Å². The van der Waals surface area contributed by atoms with Crippen LogP contribution in [0, 0.1) is 17.0 Å². The van der Waals surface area contributed by atoms with Crippen molar-refractivity contribution in [3.63, 3.8) is 0 Å². The lowest BCUT2D eigenvalue weighted by Crippen LogP contribution is -2.47. The number of nitro benzene ring substituents is 1. The lowest BCUT2D eigenvalue weighted by molar-refractivity contribution is -0.384. The molecule has 1 atom stereocenters. The summed E-state index contributed by atoms with van der Waals surface area (Å²) in [4.78, 5) is 23.3. The fourth-order valence-corrected chi connectivity index (χ4v) is 4.22. The molecule has 0 spiro atoms. The number of hydrogen-bond donors (Lipinski definition) is 1. The highest BCUT2D eigenvalue weighted by molar-refractivity contribution is 7.92. The Labute approximate surface area is 168 Å². The summed E-state index contributed by atoms with van der Waals surface area (Å²) in [6.45, 7) is 3.42. The zero-order valence-electron chi connectivity index (χ0n) is 15.5. The van der Waals surface area contributed by atoms with E-state index in [1.807, 2.05) is 0 Å². The number of nitrogens with one attached hydrogen (secondary N) is 1. The summed E-state index contributed by atoms with van der Waals surface area (Å²) in [5.41, 5.74) is 0.999. The predicted molar refractivity (Wildman–Crippen MR) is 109 cm³/mol. The van der Waals surface area contributed by atoms with Crippen molar-refractivity contribution in [1.82, 2.24) is 0 Å². The van der Waals surface area contributed by atoms with Crippen molar-refractivity contribution >= 4 is 44.6 Å². The lowest BCUT2D eigenvalue weighted by Gasteiger charge is -2.30. The van der Waals surface area contributed by atoms with Crippen molar-refractivity contribution < 1.29 is 18.1 Å². The maximum absolute atomic E-state index is 12.9. The van der Waals surface area contributed by atoms with Crippen LogP contribution in [-0.4, -0.2) is 31.5 Å². The Hall–Kier alpha value is -2.65. The summed E-state index contributed by atoms with van der Waals surface area (Å²) in [5, 5.41) is 14.3. The Morgan fingerprint density at radius 1 is 1.29 bits per heavy atom. The minimum atomic E-state index is -3.90. The second-order valence-electron chi connectivity index (χ2n) is 6.21. The van der Waals surface area contributed by atoms with Gasteiger partial charge in [0.1, 0.15) is 6.04 Å². The molecule has 10 heteroatoms. The molecule has 1 amide bonds. The van der Waals surface area contributed by atoms with Crippen LogP contribution in [-0.2, 0) is 14.8 Å². The van der Waals surface area contributed by atoms with E-state index >= 15 is 0 Å². The molecule has 0 aliphatic carbocycles. The smallest absolute Gasteiger partial charge is 0.271 e. The van der Waals surface area contributed by atoms with Crippen molar-refractivity contribution in [2.75, 3.05) is 15.9 Å². The van der Waals surface area contributed by atoms with E-state index in [0.717, 1.165) is 22.2 Å². The molecule has 150 valence electrons. The zero-order valence-corrected chi connectivity index (χ0v) is 17.1. The van der Waals surface area contributed by atoms with Crippen molar-refractivity contribution in [1.29, 1.82) is 0 Å². The summed E-state index contributed by atoms with van der Waals surface area (Å²) in [5.74, 6) is -0.551. The third-order valence-electron chi connectivity index (χ3n) is 4.07. The van der Waals surface area contributed by atoms with E-state index in [1.54, 1.807) is 32.0 Å². The third kappa shape index (κ3) is 4.99. The average molecular weight is 426 g/mol. The van der Waals surface area contributed by atoms with Crippen LogP contribution in [0.5, 0.6) is 0 Å². The molecule has 2 rings (SSSR count). The number of amides is 1. The van der Waals surface area contributed by atoms with Crippen molar-refractivity contribution in [2.24, 2.45) is 0 Å². The van der Waals surface area contributed by atoms with Crippen LogP contribution >= 0.6 is 11.6 Å². The molecule has 1 N–H and O–H groups in total. The number of halogens is 1. The minimum Gasteiger partial charge on any atom is -0.324 e. The molecule has 0 radical (unpaired) electrons. The quantitative estimate of drug-likeness (QED) is 0.536. The van der Waals surface area contributed by atoms with Crippen LogP contribution in [0.15, 0.2) is 42.5 Å². The number of aryl methyl sites for hydroxylation is 1. The molecule has 0 aromatic heterocycles. The van der Waals surface area contributed by atoms with Gasteiger partial charge in [0.25, 0.3) is 5.69 Å². The largest absolute Gasteiger partial charge is 0.324 e. The molecular formula is C18H20ClN3O5S. The first-order valence-corrected chi connectivity index (χ1v) is 10.6. The van der Waals surface area contributed by atoms with Crippen LogP contribution in [0.25, 0.3) is 0 Å². The van der Waals surface area contributed by atoms with E-state index in [4.69, 9.17) is 11.6 Å². The number of nitrogens with zero attached hydrogens (tertiary/aromatic N) is 2. The maximum atomic E-state index is 12.9. The monoisotopic (exact) mass is 425 g/mol. The highest BCUT2D eigenvalue weighted by atomic mass is 35.5. The number of carbonyl (C=O) groups is 1. The molecule has 0 fully saturated rings. The van der Waals surface area contributed by atoms with Gasteiger partial charge in [0.05, 0.1) is 16.9 Å². The topological polar surface area (TPSA) is 110 Å². The van der Waals surface area contributed by atoms with Crippen LogP contribution in [0.1, 0.15) is 18.9 Å². The van der Waals surface area contributed by atoms with Gasteiger partial charge >= 0.3 is 0 Å². The first-order chi connectivity index (χ1) is 13.0. The second kappa shape index (κ2) is 8.57. The van der Waals surface area contributed by atoms with Gasteiger partial charge in [-0.05, 0) is 43.2 Å². The molecule has 0 heterocycles. The van der Waals surface area contributed by atoms with Gasteiger partial charge in [0.2, 0.25) is 15.9 Å². The second-order valence-corrected chi connectivity index (χ2v) is 8.50. The Morgan fingerprint density at radius 2 is 1.96 bits per heavy atom. The zero-order chi connectivity index (χ0) is 21.1. The Bertz CT molecular complexity index is 1010. The number of non-ortho nitro benzene ring substituents is 1. The maximum Gasteiger partial charge on any atom is 0.271 e. The molecule has 8 nitrogen and oxygen atoms in total. The van der Waals surface area contributed by atoms with Gasteiger partial charge in [-0.25, -0.2) is 8.42 Å². The number of anilines is 2. The minimum absolute atomic E-state index is 0.0477. The van der Waals surface area contributed by atoms with Crippen molar-refractivity contribution in [2.45, 2.75) is 26.3 Å². The van der Waals surface area contributed by atoms with Gasteiger partial charge in [-0.3, -0.25) is 19.2 Å². The molecule has 0 saturated heterocycles. The molecule has 0 saturated carbocycles. The fraction of sp³-hybridized carbons (Fsp3) is 0.278. The van der Waals surface area contributed by atoms with Crippen molar-refractivity contribution in [3.8, 4) is 0 Å². The van der Waals surface area contributed by atoms with Gasteiger partial charge in [-0.1, -0.05) is 24.6 Å². The highest BCUT2D eigenvalue weighted by Crippen LogP contribution is 2.27. The van der Waals surface area contributed by atoms with Gasteiger partial charge in [-0.15, -0.1) is 0 Å². The molecule has 0 aliphatic rings. The van der Waals surface area contributed by atoms with Gasteiger partial charge < -0.3 is 5.32 Å². The molecule has 2 aromatic carbocycles. The van der Waals surface area contributed by atoms with Gasteiger partial charge in [0.15, 0.2) is 0 Å². The van der Waals surface area contributed by atoms with Crippen molar-refractivity contribution in [3.05, 3.63) is 63.2 Å². The van der Waals surface area contributed by atoms with E-state index < -0.39 is 26.9 Å². The number of benzene rings is 2. The van der Waals surface area contributed by atoms with E-state index in [0.29, 0.717) is 10.7 Å². The third-order valence-corrected chi connectivity index (χ3v) is 5.49. The van der Waals surface area contributed by atoms with Crippen LogP contribution in [0.3, 0.4) is 0 Å². The molecular weight excluding hydrogens is 406 g/mol. The van der Waals surface area contributed by atoms with E-state index in [9.17, 15) is 23.3 Å². The molecule has 0 aliphatic heterocycles. The van der Waals surface area contributed by atoms with E-state index in [2.05, 4.69) is 5.32 Å². The molecule has 0 unspecified atom stereocenters. The molecule has 0 bridgehead atoms. The Balaban J connectivity index is 2.44. The van der Waals surface area contributed by atoms with E-state index in [1.165, 1.54) is 18.2 Å². The molecule has 28 heavy (non-hydrogen) atoms. The highest BCUT2D eigenvalue weighted by Gasteiger charge is 2.32. The number of hydrogen-bond acceptors (Lipinski definition) is 5. The van der Waals surface area contributed by atoms with Gasteiger partial charge in [-0.2, -0.15) is 0 Å². The average Bonchev–Trinajstić information content (AvgIpc) is 2.60. The Morgan fingerprint density at radius 3 is 2.50 bits per heavy atom. The first-order valence-electron chi connectivity index (χ1n) is 8.35. The SMILES string of the molecule is CC[C@@H](C(=O)Nc1ccc(Cl)cc1C)N(c1cccc([N+](=O)[O-])c1)S(C)(=O)=O. The van der Waals surface area contributed by atoms with E-state index in [-0.39, 0.29) is 17.8 Å².